The summed E-state index contributed by atoms with van der Waals surface area (Å²) >= 11 is 0. The Hall–Kier alpha value is -1.42. The van der Waals surface area contributed by atoms with Gasteiger partial charge in [0.25, 0.3) is 0 Å². The number of ether oxygens (including phenoxy) is 1. The summed E-state index contributed by atoms with van der Waals surface area (Å²) in [4.78, 5) is 22.7. The molecule has 0 aliphatic rings. The third-order valence-corrected chi connectivity index (χ3v) is 2.43. The maximum absolute atomic E-state index is 11.5. The van der Waals surface area contributed by atoms with E-state index in [9.17, 15) is 14.7 Å². The predicted octanol–water partition coefficient (Wildman–Crippen LogP) is 2.13. The molecule has 4 heteroatoms. The molecule has 0 heterocycles. The SMILES string of the molecule is CC=C(C)C(=O)OC(=O)C(C)=CCC(O)CC. The number of aliphatic hydroxyl groups is 1. The van der Waals surface area contributed by atoms with Crippen molar-refractivity contribution < 1.29 is 19.4 Å². The average molecular weight is 240 g/mol. The van der Waals surface area contributed by atoms with Crippen LogP contribution in [0, 0.1) is 0 Å². The molecule has 0 saturated carbocycles. The molecular weight excluding hydrogens is 220 g/mol. The van der Waals surface area contributed by atoms with Gasteiger partial charge < -0.3 is 9.84 Å². The summed E-state index contributed by atoms with van der Waals surface area (Å²) in [6, 6.07) is 0. The first kappa shape index (κ1) is 15.6. The van der Waals surface area contributed by atoms with Crippen LogP contribution < -0.4 is 0 Å². The van der Waals surface area contributed by atoms with E-state index in [1.807, 2.05) is 6.92 Å². The maximum atomic E-state index is 11.5. The van der Waals surface area contributed by atoms with E-state index in [0.717, 1.165) is 0 Å². The Kier molecular flexibility index (Phi) is 7.14. The smallest absolute Gasteiger partial charge is 0.341 e. The molecule has 1 N–H and O–H groups in total. The summed E-state index contributed by atoms with van der Waals surface area (Å²) in [7, 11) is 0. The van der Waals surface area contributed by atoms with Gasteiger partial charge in [0.15, 0.2) is 0 Å². The highest BCUT2D eigenvalue weighted by Gasteiger charge is 2.13. The summed E-state index contributed by atoms with van der Waals surface area (Å²) in [5, 5.41) is 9.32. The number of rotatable bonds is 5. The lowest BCUT2D eigenvalue weighted by Gasteiger charge is -2.05. The molecule has 0 rings (SSSR count). The van der Waals surface area contributed by atoms with Crippen molar-refractivity contribution >= 4 is 11.9 Å². The molecule has 0 bridgehead atoms. The number of aliphatic hydroxyl groups excluding tert-OH is 1. The first-order valence-corrected chi connectivity index (χ1v) is 5.66. The molecule has 0 aliphatic heterocycles. The largest absolute Gasteiger partial charge is 0.393 e. The Morgan fingerprint density at radius 1 is 1.24 bits per heavy atom. The fraction of sp³-hybridized carbons (Fsp3) is 0.538. The van der Waals surface area contributed by atoms with Gasteiger partial charge in [-0.1, -0.05) is 19.1 Å². The van der Waals surface area contributed by atoms with Crippen LogP contribution in [-0.4, -0.2) is 23.1 Å². The summed E-state index contributed by atoms with van der Waals surface area (Å²) in [6.45, 7) is 6.69. The second-order valence-electron chi connectivity index (χ2n) is 3.83. The van der Waals surface area contributed by atoms with Gasteiger partial charge in [-0.3, -0.25) is 0 Å². The molecule has 1 unspecified atom stereocenters. The lowest BCUT2D eigenvalue weighted by Crippen LogP contribution is -2.14. The molecule has 17 heavy (non-hydrogen) atoms. The zero-order valence-electron chi connectivity index (χ0n) is 10.8. The quantitative estimate of drug-likeness (QED) is 0.454. The molecule has 4 nitrogen and oxygen atoms in total. The summed E-state index contributed by atoms with van der Waals surface area (Å²) in [5.41, 5.74) is 0.717. The van der Waals surface area contributed by atoms with Crippen LogP contribution in [-0.2, 0) is 14.3 Å². The summed E-state index contributed by atoms with van der Waals surface area (Å²) in [5.74, 6) is -1.30. The molecule has 96 valence electrons. The molecule has 0 aromatic heterocycles. The van der Waals surface area contributed by atoms with Crippen LogP contribution in [0.1, 0.15) is 40.5 Å². The Bertz CT molecular complexity index is 339. The van der Waals surface area contributed by atoms with Gasteiger partial charge in [0, 0.05) is 11.1 Å². The summed E-state index contributed by atoms with van der Waals surface area (Å²) in [6.07, 6.45) is 3.69. The lowest BCUT2D eigenvalue weighted by atomic mass is 10.1. The van der Waals surface area contributed by atoms with E-state index in [2.05, 4.69) is 4.74 Å². The minimum atomic E-state index is -0.667. The Morgan fingerprint density at radius 3 is 2.24 bits per heavy atom. The Morgan fingerprint density at radius 2 is 1.76 bits per heavy atom. The van der Waals surface area contributed by atoms with E-state index in [1.54, 1.807) is 32.9 Å². The van der Waals surface area contributed by atoms with Crippen molar-refractivity contribution in [3.8, 4) is 0 Å². The molecule has 0 spiro atoms. The zero-order chi connectivity index (χ0) is 13.4. The van der Waals surface area contributed by atoms with Crippen molar-refractivity contribution in [1.82, 2.24) is 0 Å². The average Bonchev–Trinajstić information content (AvgIpc) is 2.33. The highest BCUT2D eigenvalue weighted by atomic mass is 16.6. The first-order chi connectivity index (χ1) is 7.92. The van der Waals surface area contributed by atoms with Gasteiger partial charge >= 0.3 is 11.9 Å². The topological polar surface area (TPSA) is 63.6 Å². The van der Waals surface area contributed by atoms with E-state index in [1.165, 1.54) is 0 Å². The molecule has 0 aliphatic carbocycles. The van der Waals surface area contributed by atoms with Gasteiger partial charge in [-0.2, -0.15) is 0 Å². The van der Waals surface area contributed by atoms with Gasteiger partial charge in [-0.15, -0.1) is 0 Å². The minimum absolute atomic E-state index is 0.328. The van der Waals surface area contributed by atoms with Crippen LogP contribution in [0.5, 0.6) is 0 Å². The van der Waals surface area contributed by atoms with E-state index in [-0.39, 0.29) is 0 Å². The van der Waals surface area contributed by atoms with Crippen LogP contribution in [0.4, 0.5) is 0 Å². The number of carbonyl (C=O) groups excluding carboxylic acids is 2. The highest BCUT2D eigenvalue weighted by molar-refractivity contribution is 6.01. The number of carbonyl (C=O) groups is 2. The second kappa shape index (κ2) is 7.79. The van der Waals surface area contributed by atoms with Crippen molar-refractivity contribution in [1.29, 1.82) is 0 Å². The molecule has 0 amide bonds. The molecule has 1 atom stereocenters. The molecule has 0 fully saturated rings. The number of hydrogen-bond donors (Lipinski definition) is 1. The van der Waals surface area contributed by atoms with E-state index in [0.29, 0.717) is 24.0 Å². The summed E-state index contributed by atoms with van der Waals surface area (Å²) < 4.78 is 4.63. The standard InChI is InChI=1S/C13H20O4/c1-5-9(3)12(15)17-13(16)10(4)7-8-11(14)6-2/h5,7,11,14H,6,8H2,1-4H3. The van der Waals surface area contributed by atoms with Gasteiger partial charge in [0.2, 0.25) is 0 Å². The highest BCUT2D eigenvalue weighted by Crippen LogP contribution is 2.06. The predicted molar refractivity (Wildman–Crippen MR) is 65.2 cm³/mol. The molecule has 0 aromatic carbocycles. The van der Waals surface area contributed by atoms with Crippen molar-refractivity contribution in [2.45, 2.75) is 46.6 Å². The fourth-order valence-corrected chi connectivity index (χ4v) is 0.926. The third kappa shape index (κ3) is 6.02. The Labute approximate surface area is 102 Å². The molecule has 0 aromatic rings. The van der Waals surface area contributed by atoms with Crippen LogP contribution in [0.3, 0.4) is 0 Å². The van der Waals surface area contributed by atoms with E-state index in [4.69, 9.17) is 0 Å². The monoisotopic (exact) mass is 240 g/mol. The van der Waals surface area contributed by atoms with Gasteiger partial charge in [-0.05, 0) is 33.6 Å². The number of esters is 2. The molecule has 0 saturated heterocycles. The maximum Gasteiger partial charge on any atom is 0.341 e. The van der Waals surface area contributed by atoms with Crippen molar-refractivity contribution in [2.75, 3.05) is 0 Å². The minimum Gasteiger partial charge on any atom is -0.393 e. The fourth-order valence-electron chi connectivity index (χ4n) is 0.926. The van der Waals surface area contributed by atoms with Crippen LogP contribution >= 0.6 is 0 Å². The van der Waals surface area contributed by atoms with Crippen LogP contribution in [0.2, 0.25) is 0 Å². The zero-order valence-corrected chi connectivity index (χ0v) is 10.8. The van der Waals surface area contributed by atoms with Gasteiger partial charge in [0.1, 0.15) is 0 Å². The van der Waals surface area contributed by atoms with Crippen LogP contribution in [0.15, 0.2) is 23.3 Å². The molecular formula is C13H20O4. The number of allylic oxidation sites excluding steroid dienone is 1. The van der Waals surface area contributed by atoms with Crippen LogP contribution in [0.25, 0.3) is 0 Å². The second-order valence-corrected chi connectivity index (χ2v) is 3.83. The Balaban J connectivity index is 4.37. The third-order valence-electron chi connectivity index (χ3n) is 2.43. The lowest BCUT2D eigenvalue weighted by molar-refractivity contribution is -0.153. The van der Waals surface area contributed by atoms with Crippen molar-refractivity contribution in [2.24, 2.45) is 0 Å². The first-order valence-electron chi connectivity index (χ1n) is 5.66. The van der Waals surface area contributed by atoms with E-state index >= 15 is 0 Å². The van der Waals surface area contributed by atoms with E-state index < -0.39 is 18.0 Å². The van der Waals surface area contributed by atoms with Crippen molar-refractivity contribution in [3.05, 3.63) is 23.3 Å². The normalized spacial score (nSPS) is 14.4. The van der Waals surface area contributed by atoms with Gasteiger partial charge in [-0.25, -0.2) is 9.59 Å². The van der Waals surface area contributed by atoms with Gasteiger partial charge in [0.05, 0.1) is 6.10 Å². The number of hydrogen-bond acceptors (Lipinski definition) is 4. The van der Waals surface area contributed by atoms with Crippen molar-refractivity contribution in [3.63, 3.8) is 0 Å². The molecule has 0 radical (unpaired) electrons.